The standard InChI is InChI=1S/C14H18FN3/c1-10(2)16-8-12-5-4-6-13(15)14(12)18-9-11(3)7-17-18/h4-7,9-10,16H,8H2,1-3H3. The van der Waals surface area contributed by atoms with E-state index in [-0.39, 0.29) is 5.82 Å². The Labute approximate surface area is 107 Å². The highest BCUT2D eigenvalue weighted by molar-refractivity contribution is 5.42. The normalized spacial score (nSPS) is 11.2. The maximum Gasteiger partial charge on any atom is 0.149 e. The Morgan fingerprint density at radius 1 is 1.39 bits per heavy atom. The first-order valence-corrected chi connectivity index (χ1v) is 6.10. The van der Waals surface area contributed by atoms with Gasteiger partial charge in [0.25, 0.3) is 0 Å². The van der Waals surface area contributed by atoms with Crippen LogP contribution in [0, 0.1) is 12.7 Å². The van der Waals surface area contributed by atoms with Gasteiger partial charge in [-0.25, -0.2) is 9.07 Å². The quantitative estimate of drug-likeness (QED) is 0.900. The van der Waals surface area contributed by atoms with Gasteiger partial charge < -0.3 is 5.32 Å². The highest BCUT2D eigenvalue weighted by Gasteiger charge is 2.11. The van der Waals surface area contributed by atoms with Crippen LogP contribution in [-0.4, -0.2) is 15.8 Å². The molecule has 96 valence electrons. The van der Waals surface area contributed by atoms with Gasteiger partial charge in [-0.3, -0.25) is 0 Å². The Morgan fingerprint density at radius 3 is 2.78 bits per heavy atom. The van der Waals surface area contributed by atoms with Gasteiger partial charge in [-0.05, 0) is 24.1 Å². The van der Waals surface area contributed by atoms with Crippen LogP contribution >= 0.6 is 0 Å². The van der Waals surface area contributed by atoms with Crippen molar-refractivity contribution in [2.24, 2.45) is 0 Å². The second-order valence-corrected chi connectivity index (χ2v) is 4.75. The molecule has 0 saturated heterocycles. The van der Waals surface area contributed by atoms with Crippen molar-refractivity contribution in [1.29, 1.82) is 0 Å². The molecule has 2 aromatic rings. The van der Waals surface area contributed by atoms with Crippen molar-refractivity contribution in [2.45, 2.75) is 33.4 Å². The molecule has 1 aromatic heterocycles. The van der Waals surface area contributed by atoms with E-state index in [4.69, 9.17) is 0 Å². The molecule has 0 amide bonds. The van der Waals surface area contributed by atoms with E-state index in [0.29, 0.717) is 18.3 Å². The van der Waals surface area contributed by atoms with E-state index in [1.54, 1.807) is 16.9 Å². The largest absolute Gasteiger partial charge is 0.310 e. The molecule has 1 N–H and O–H groups in total. The molecule has 0 aliphatic rings. The molecule has 2 rings (SSSR count). The van der Waals surface area contributed by atoms with E-state index in [0.717, 1.165) is 11.1 Å². The fourth-order valence-electron chi connectivity index (χ4n) is 1.81. The number of nitrogens with zero attached hydrogens (tertiary/aromatic N) is 2. The van der Waals surface area contributed by atoms with Crippen LogP contribution in [0.2, 0.25) is 0 Å². The van der Waals surface area contributed by atoms with Crippen LogP contribution in [0.5, 0.6) is 0 Å². The molecule has 0 spiro atoms. The van der Waals surface area contributed by atoms with Crippen molar-refractivity contribution in [3.63, 3.8) is 0 Å². The molecule has 1 aromatic carbocycles. The van der Waals surface area contributed by atoms with Crippen LogP contribution in [0.15, 0.2) is 30.6 Å². The molecule has 0 atom stereocenters. The van der Waals surface area contributed by atoms with Crippen LogP contribution in [0.4, 0.5) is 4.39 Å². The van der Waals surface area contributed by atoms with Crippen molar-refractivity contribution >= 4 is 0 Å². The second-order valence-electron chi connectivity index (χ2n) is 4.75. The molecule has 4 heteroatoms. The van der Waals surface area contributed by atoms with E-state index >= 15 is 0 Å². The summed E-state index contributed by atoms with van der Waals surface area (Å²) in [6.45, 7) is 6.70. The van der Waals surface area contributed by atoms with Gasteiger partial charge in [-0.2, -0.15) is 5.10 Å². The molecule has 1 heterocycles. The first kappa shape index (κ1) is 12.8. The molecule has 3 nitrogen and oxygen atoms in total. The topological polar surface area (TPSA) is 29.9 Å². The summed E-state index contributed by atoms with van der Waals surface area (Å²) >= 11 is 0. The number of benzene rings is 1. The summed E-state index contributed by atoms with van der Waals surface area (Å²) < 4.78 is 15.6. The molecule has 0 unspecified atom stereocenters. The molecular weight excluding hydrogens is 229 g/mol. The van der Waals surface area contributed by atoms with Gasteiger partial charge >= 0.3 is 0 Å². The fourth-order valence-corrected chi connectivity index (χ4v) is 1.81. The van der Waals surface area contributed by atoms with Gasteiger partial charge in [0.05, 0.1) is 6.20 Å². The lowest BCUT2D eigenvalue weighted by Crippen LogP contribution is -2.23. The minimum atomic E-state index is -0.249. The lowest BCUT2D eigenvalue weighted by atomic mass is 10.1. The summed E-state index contributed by atoms with van der Waals surface area (Å²) in [5.41, 5.74) is 2.45. The van der Waals surface area contributed by atoms with Gasteiger partial charge in [0.1, 0.15) is 11.5 Å². The predicted octanol–water partition coefficient (Wildman–Crippen LogP) is 2.82. The first-order valence-electron chi connectivity index (χ1n) is 6.10. The third-order valence-electron chi connectivity index (χ3n) is 2.71. The smallest absolute Gasteiger partial charge is 0.149 e. The Hall–Kier alpha value is -1.68. The van der Waals surface area contributed by atoms with Crippen LogP contribution in [0.3, 0.4) is 0 Å². The first-order chi connectivity index (χ1) is 8.58. The number of rotatable bonds is 4. The summed E-state index contributed by atoms with van der Waals surface area (Å²) in [5.74, 6) is -0.249. The molecular formula is C14H18FN3. The average Bonchev–Trinajstić information content (AvgIpc) is 2.72. The van der Waals surface area contributed by atoms with Crippen molar-refractivity contribution in [2.75, 3.05) is 0 Å². The van der Waals surface area contributed by atoms with Gasteiger partial charge in [0.2, 0.25) is 0 Å². The van der Waals surface area contributed by atoms with E-state index < -0.39 is 0 Å². The van der Waals surface area contributed by atoms with E-state index in [2.05, 4.69) is 24.3 Å². The molecule has 0 saturated carbocycles. The Morgan fingerprint density at radius 2 is 2.17 bits per heavy atom. The highest BCUT2D eigenvalue weighted by atomic mass is 19.1. The zero-order valence-electron chi connectivity index (χ0n) is 10.9. The molecule has 0 radical (unpaired) electrons. The number of halogens is 1. The van der Waals surface area contributed by atoms with Gasteiger partial charge in [0.15, 0.2) is 0 Å². The molecule has 0 aliphatic heterocycles. The fraction of sp³-hybridized carbons (Fsp3) is 0.357. The van der Waals surface area contributed by atoms with Crippen LogP contribution in [-0.2, 0) is 6.54 Å². The highest BCUT2D eigenvalue weighted by Crippen LogP contribution is 2.18. The van der Waals surface area contributed by atoms with Crippen LogP contribution in [0.25, 0.3) is 5.69 Å². The zero-order chi connectivity index (χ0) is 13.1. The number of hydrogen-bond acceptors (Lipinski definition) is 2. The molecule has 18 heavy (non-hydrogen) atoms. The second kappa shape index (κ2) is 5.31. The van der Waals surface area contributed by atoms with E-state index in [9.17, 15) is 4.39 Å². The third-order valence-corrected chi connectivity index (χ3v) is 2.71. The zero-order valence-corrected chi connectivity index (χ0v) is 10.9. The predicted molar refractivity (Wildman–Crippen MR) is 70.2 cm³/mol. The minimum absolute atomic E-state index is 0.249. The minimum Gasteiger partial charge on any atom is -0.310 e. The lowest BCUT2D eigenvalue weighted by Gasteiger charge is -2.13. The SMILES string of the molecule is Cc1cnn(-c2c(F)cccc2CNC(C)C)c1. The Balaban J connectivity index is 2.38. The van der Waals surface area contributed by atoms with Crippen molar-refractivity contribution < 1.29 is 4.39 Å². The summed E-state index contributed by atoms with van der Waals surface area (Å²) in [5, 5.41) is 7.48. The summed E-state index contributed by atoms with van der Waals surface area (Å²) in [6.07, 6.45) is 3.56. The third kappa shape index (κ3) is 2.76. The van der Waals surface area contributed by atoms with Crippen molar-refractivity contribution in [3.05, 3.63) is 47.5 Å². The number of para-hydroxylation sites is 1. The molecule has 0 aliphatic carbocycles. The number of hydrogen-bond donors (Lipinski definition) is 1. The average molecular weight is 247 g/mol. The monoisotopic (exact) mass is 247 g/mol. The summed E-state index contributed by atoms with van der Waals surface area (Å²) in [7, 11) is 0. The molecule has 0 bridgehead atoms. The van der Waals surface area contributed by atoms with Gasteiger partial charge in [0, 0.05) is 18.8 Å². The number of nitrogens with one attached hydrogen (secondary N) is 1. The Kier molecular flexibility index (Phi) is 3.77. The van der Waals surface area contributed by atoms with Gasteiger partial charge in [-0.15, -0.1) is 0 Å². The summed E-state index contributed by atoms with van der Waals surface area (Å²) in [6, 6.07) is 5.48. The number of aryl methyl sites for hydroxylation is 1. The van der Waals surface area contributed by atoms with Crippen molar-refractivity contribution in [3.8, 4) is 5.69 Å². The van der Waals surface area contributed by atoms with E-state index in [1.807, 2.05) is 19.2 Å². The molecule has 0 fully saturated rings. The lowest BCUT2D eigenvalue weighted by molar-refractivity contribution is 0.573. The summed E-state index contributed by atoms with van der Waals surface area (Å²) in [4.78, 5) is 0. The van der Waals surface area contributed by atoms with Crippen LogP contribution < -0.4 is 5.32 Å². The van der Waals surface area contributed by atoms with E-state index in [1.165, 1.54) is 6.07 Å². The Bertz CT molecular complexity index is 532. The van der Waals surface area contributed by atoms with Crippen LogP contribution in [0.1, 0.15) is 25.0 Å². The maximum atomic E-state index is 14.0. The van der Waals surface area contributed by atoms with Crippen molar-refractivity contribution in [1.82, 2.24) is 15.1 Å². The maximum absolute atomic E-state index is 14.0. The van der Waals surface area contributed by atoms with Gasteiger partial charge in [-0.1, -0.05) is 26.0 Å². The number of aromatic nitrogens is 2.